The topological polar surface area (TPSA) is 76.0 Å². The van der Waals surface area contributed by atoms with Crippen molar-refractivity contribution < 1.29 is 9.59 Å². The van der Waals surface area contributed by atoms with Crippen LogP contribution in [0, 0.1) is 6.92 Å². The zero-order chi connectivity index (χ0) is 20.2. The van der Waals surface area contributed by atoms with Gasteiger partial charge in [-0.1, -0.05) is 48.0 Å². The Hall–Kier alpha value is -3.41. The molecular formula is C23H24N4O2. The second-order valence-corrected chi connectivity index (χ2v) is 7.33. The number of carbonyl (C=O) groups is 2. The number of hydrogen-bond acceptors (Lipinski definition) is 3. The average Bonchev–Trinajstić information content (AvgIpc) is 3.13. The van der Waals surface area contributed by atoms with Crippen molar-refractivity contribution in [1.82, 2.24) is 14.9 Å². The van der Waals surface area contributed by atoms with E-state index in [1.54, 1.807) is 0 Å². The molecule has 0 bridgehead atoms. The molecule has 2 heterocycles. The minimum atomic E-state index is -0.278. The van der Waals surface area contributed by atoms with Crippen molar-refractivity contribution in [2.24, 2.45) is 0 Å². The van der Waals surface area contributed by atoms with E-state index in [0.29, 0.717) is 30.3 Å². The molecule has 0 radical (unpaired) electrons. The smallest absolute Gasteiger partial charge is 0.287 e. The minimum absolute atomic E-state index is 0.256. The maximum absolute atomic E-state index is 12.8. The number of rotatable bonds is 5. The molecule has 1 aromatic heterocycles. The van der Waals surface area contributed by atoms with E-state index in [1.807, 2.05) is 66.1 Å². The standard InChI is InChI=1S/C23H24N4O2/c1-16-8-7-9-17(14-16)15-24-23(29)21-26-20(19-12-5-6-13-27(19)21)22(28)25-18-10-3-2-4-11-18/h2-4,7-11,14H,5-6,12-13,15H2,1H3,(H,24,29)(H,25,28). The van der Waals surface area contributed by atoms with E-state index in [4.69, 9.17) is 0 Å². The van der Waals surface area contributed by atoms with Crippen LogP contribution in [0.3, 0.4) is 0 Å². The average molecular weight is 388 g/mol. The summed E-state index contributed by atoms with van der Waals surface area (Å²) in [4.78, 5) is 30.1. The van der Waals surface area contributed by atoms with Gasteiger partial charge >= 0.3 is 0 Å². The third-order valence-corrected chi connectivity index (χ3v) is 5.10. The molecule has 2 amide bonds. The molecule has 2 aromatic carbocycles. The Morgan fingerprint density at radius 2 is 1.86 bits per heavy atom. The van der Waals surface area contributed by atoms with Gasteiger partial charge in [-0.3, -0.25) is 9.59 Å². The van der Waals surface area contributed by atoms with Crippen molar-refractivity contribution in [1.29, 1.82) is 0 Å². The second kappa shape index (κ2) is 8.31. The Morgan fingerprint density at radius 3 is 2.66 bits per heavy atom. The Bertz CT molecular complexity index is 1040. The summed E-state index contributed by atoms with van der Waals surface area (Å²) in [6.45, 7) is 3.15. The fourth-order valence-corrected chi connectivity index (χ4v) is 3.69. The SMILES string of the molecule is Cc1cccc(CNC(=O)c2nc(C(=O)Nc3ccccc3)c3n2CCCC3)c1. The number of nitrogens with one attached hydrogen (secondary N) is 2. The van der Waals surface area contributed by atoms with Crippen LogP contribution in [0.5, 0.6) is 0 Å². The number of benzene rings is 2. The summed E-state index contributed by atoms with van der Waals surface area (Å²) >= 11 is 0. The summed E-state index contributed by atoms with van der Waals surface area (Å²) in [5, 5.41) is 5.82. The van der Waals surface area contributed by atoms with E-state index >= 15 is 0 Å². The summed E-state index contributed by atoms with van der Waals surface area (Å²) in [5.41, 5.74) is 4.07. The molecule has 3 aromatic rings. The first-order valence-corrected chi connectivity index (χ1v) is 9.91. The van der Waals surface area contributed by atoms with E-state index in [1.165, 1.54) is 0 Å². The number of aromatic nitrogens is 2. The van der Waals surface area contributed by atoms with Gasteiger partial charge in [0, 0.05) is 18.8 Å². The first-order valence-electron chi connectivity index (χ1n) is 9.91. The summed E-state index contributed by atoms with van der Waals surface area (Å²) in [6, 6.07) is 17.3. The summed E-state index contributed by atoms with van der Waals surface area (Å²) < 4.78 is 1.90. The predicted molar refractivity (Wildman–Crippen MR) is 112 cm³/mol. The number of hydrogen-bond donors (Lipinski definition) is 2. The van der Waals surface area contributed by atoms with Crippen LogP contribution >= 0.6 is 0 Å². The molecular weight excluding hydrogens is 364 g/mol. The van der Waals surface area contributed by atoms with Gasteiger partial charge in [0.2, 0.25) is 0 Å². The van der Waals surface area contributed by atoms with Crippen LogP contribution in [0.1, 0.15) is 50.8 Å². The van der Waals surface area contributed by atoms with Gasteiger partial charge in [-0.15, -0.1) is 0 Å². The zero-order valence-corrected chi connectivity index (χ0v) is 16.4. The van der Waals surface area contributed by atoms with Gasteiger partial charge in [-0.2, -0.15) is 0 Å². The molecule has 29 heavy (non-hydrogen) atoms. The van der Waals surface area contributed by atoms with Crippen molar-refractivity contribution in [2.75, 3.05) is 5.32 Å². The molecule has 1 aliphatic rings. The summed E-state index contributed by atoms with van der Waals surface area (Å²) in [7, 11) is 0. The molecule has 1 aliphatic heterocycles. The van der Waals surface area contributed by atoms with Gasteiger partial charge in [0.15, 0.2) is 11.5 Å². The third kappa shape index (κ3) is 4.21. The van der Waals surface area contributed by atoms with Crippen LogP contribution in [0.4, 0.5) is 5.69 Å². The number of imidazole rings is 1. The molecule has 4 rings (SSSR count). The number of anilines is 1. The van der Waals surface area contributed by atoms with Gasteiger partial charge in [-0.05, 0) is 43.9 Å². The normalized spacial score (nSPS) is 12.9. The summed E-state index contributed by atoms with van der Waals surface area (Å²) in [5.74, 6) is -0.224. The monoisotopic (exact) mass is 388 g/mol. The Balaban J connectivity index is 1.55. The van der Waals surface area contributed by atoms with Crippen molar-refractivity contribution in [3.8, 4) is 0 Å². The summed E-state index contributed by atoms with van der Waals surface area (Å²) in [6.07, 6.45) is 2.71. The van der Waals surface area contributed by atoms with Crippen LogP contribution < -0.4 is 10.6 Å². The zero-order valence-electron chi connectivity index (χ0n) is 16.4. The van der Waals surface area contributed by atoms with Gasteiger partial charge in [-0.25, -0.2) is 4.98 Å². The van der Waals surface area contributed by atoms with Crippen LogP contribution in [-0.4, -0.2) is 21.4 Å². The van der Waals surface area contributed by atoms with Gasteiger partial charge in [0.05, 0.1) is 5.69 Å². The Kier molecular flexibility index (Phi) is 5.42. The van der Waals surface area contributed by atoms with E-state index in [2.05, 4.69) is 15.6 Å². The molecule has 148 valence electrons. The first kappa shape index (κ1) is 18.9. The number of amides is 2. The molecule has 0 saturated heterocycles. The molecule has 0 saturated carbocycles. The van der Waals surface area contributed by atoms with Crippen LogP contribution in [0.15, 0.2) is 54.6 Å². The quantitative estimate of drug-likeness (QED) is 0.700. The van der Waals surface area contributed by atoms with E-state index in [0.717, 1.165) is 36.1 Å². The lowest BCUT2D eigenvalue weighted by Gasteiger charge is -2.17. The van der Waals surface area contributed by atoms with Crippen LogP contribution in [0.25, 0.3) is 0 Å². The van der Waals surface area contributed by atoms with E-state index in [9.17, 15) is 9.59 Å². The fourth-order valence-electron chi connectivity index (χ4n) is 3.69. The van der Waals surface area contributed by atoms with Crippen molar-refractivity contribution in [3.05, 3.63) is 82.9 Å². The maximum Gasteiger partial charge on any atom is 0.287 e. The largest absolute Gasteiger partial charge is 0.345 e. The number of nitrogens with zero attached hydrogens (tertiary/aromatic N) is 2. The highest BCUT2D eigenvalue weighted by atomic mass is 16.2. The number of carbonyl (C=O) groups excluding carboxylic acids is 2. The molecule has 2 N–H and O–H groups in total. The number of fused-ring (bicyclic) bond motifs is 1. The second-order valence-electron chi connectivity index (χ2n) is 7.33. The third-order valence-electron chi connectivity index (χ3n) is 5.10. The molecule has 0 spiro atoms. The van der Waals surface area contributed by atoms with E-state index < -0.39 is 0 Å². The molecule has 0 aliphatic carbocycles. The van der Waals surface area contributed by atoms with Crippen molar-refractivity contribution in [3.63, 3.8) is 0 Å². The molecule has 0 fully saturated rings. The molecule has 6 heteroatoms. The fraction of sp³-hybridized carbons (Fsp3) is 0.261. The van der Waals surface area contributed by atoms with Crippen molar-refractivity contribution in [2.45, 2.75) is 39.3 Å². The highest BCUT2D eigenvalue weighted by Crippen LogP contribution is 2.22. The lowest BCUT2D eigenvalue weighted by Crippen LogP contribution is -2.27. The number of aryl methyl sites for hydroxylation is 1. The minimum Gasteiger partial charge on any atom is -0.345 e. The number of para-hydroxylation sites is 1. The Morgan fingerprint density at radius 1 is 1.03 bits per heavy atom. The first-order chi connectivity index (χ1) is 14.1. The molecule has 0 atom stereocenters. The van der Waals surface area contributed by atoms with Gasteiger partial charge < -0.3 is 15.2 Å². The van der Waals surface area contributed by atoms with Gasteiger partial charge in [0.25, 0.3) is 11.8 Å². The Labute approximate surface area is 170 Å². The maximum atomic E-state index is 12.8. The molecule has 6 nitrogen and oxygen atoms in total. The van der Waals surface area contributed by atoms with E-state index in [-0.39, 0.29) is 11.8 Å². The molecule has 0 unspecified atom stereocenters. The lowest BCUT2D eigenvalue weighted by atomic mass is 10.1. The van der Waals surface area contributed by atoms with Gasteiger partial charge in [0.1, 0.15) is 0 Å². The predicted octanol–water partition coefficient (Wildman–Crippen LogP) is 3.71. The van der Waals surface area contributed by atoms with Crippen molar-refractivity contribution >= 4 is 17.5 Å². The van der Waals surface area contributed by atoms with Crippen LogP contribution in [-0.2, 0) is 19.5 Å². The highest BCUT2D eigenvalue weighted by Gasteiger charge is 2.27. The van der Waals surface area contributed by atoms with Crippen LogP contribution in [0.2, 0.25) is 0 Å². The highest BCUT2D eigenvalue weighted by molar-refractivity contribution is 6.05. The lowest BCUT2D eigenvalue weighted by molar-refractivity contribution is 0.0935.